The van der Waals surface area contributed by atoms with E-state index >= 15 is 0 Å². The first-order valence-corrected chi connectivity index (χ1v) is 6.98. The Balaban J connectivity index is 2.02. The Morgan fingerprint density at radius 2 is 2.21 bits per heavy atom. The highest BCUT2D eigenvalue weighted by atomic mass is 32.2. The third kappa shape index (κ3) is 3.75. The van der Waals surface area contributed by atoms with Gasteiger partial charge in [-0.05, 0) is 24.0 Å². The van der Waals surface area contributed by atoms with E-state index in [9.17, 15) is 4.79 Å². The zero-order valence-corrected chi connectivity index (χ0v) is 11.5. The molecule has 6 heteroatoms. The molecule has 1 amide bonds. The first-order chi connectivity index (χ1) is 9.19. The number of amides is 1. The summed E-state index contributed by atoms with van der Waals surface area (Å²) in [5.41, 5.74) is 6.34. The number of rotatable bonds is 5. The average molecular weight is 276 g/mol. The number of nitrogens with two attached hydrogens (primary N) is 1. The van der Waals surface area contributed by atoms with Crippen molar-refractivity contribution in [2.45, 2.75) is 18.4 Å². The summed E-state index contributed by atoms with van der Waals surface area (Å²) in [4.78, 5) is 13.0. The highest BCUT2D eigenvalue weighted by Gasteiger charge is 2.07. The van der Waals surface area contributed by atoms with Gasteiger partial charge in [0.15, 0.2) is 0 Å². The summed E-state index contributed by atoms with van der Waals surface area (Å²) in [6.45, 7) is 2.23. The molecule has 0 spiro atoms. The molecule has 19 heavy (non-hydrogen) atoms. The molecular weight excluding hydrogens is 260 g/mol. The standard InChI is InChI=1S/C13H16N4OS/c1-2-19-11-6-4-3-5-10(11)15-13(18)9-17-8-7-12(14)16-17/h3-8H,2,9H2,1H3,(H2,14,16)(H,15,18). The van der Waals surface area contributed by atoms with E-state index in [0.717, 1.165) is 16.3 Å². The molecule has 0 saturated heterocycles. The number of para-hydroxylation sites is 1. The monoisotopic (exact) mass is 276 g/mol. The number of thioether (sulfide) groups is 1. The van der Waals surface area contributed by atoms with Crippen LogP contribution in [-0.2, 0) is 11.3 Å². The second-order valence-corrected chi connectivity index (χ2v) is 5.22. The summed E-state index contributed by atoms with van der Waals surface area (Å²) in [7, 11) is 0. The maximum atomic E-state index is 11.9. The Morgan fingerprint density at radius 3 is 2.89 bits per heavy atom. The van der Waals surface area contributed by atoms with E-state index in [-0.39, 0.29) is 12.5 Å². The number of aromatic nitrogens is 2. The van der Waals surface area contributed by atoms with E-state index in [2.05, 4.69) is 17.3 Å². The molecule has 0 aliphatic heterocycles. The van der Waals surface area contributed by atoms with Crippen molar-refractivity contribution in [1.82, 2.24) is 9.78 Å². The van der Waals surface area contributed by atoms with E-state index < -0.39 is 0 Å². The van der Waals surface area contributed by atoms with Crippen molar-refractivity contribution in [3.05, 3.63) is 36.5 Å². The highest BCUT2D eigenvalue weighted by Crippen LogP contribution is 2.26. The molecule has 0 fully saturated rings. The highest BCUT2D eigenvalue weighted by molar-refractivity contribution is 7.99. The van der Waals surface area contributed by atoms with Crippen LogP contribution in [0.4, 0.5) is 11.5 Å². The maximum absolute atomic E-state index is 11.9. The molecule has 2 rings (SSSR count). The zero-order valence-electron chi connectivity index (χ0n) is 10.7. The summed E-state index contributed by atoms with van der Waals surface area (Å²) in [5, 5.41) is 6.87. The third-order valence-electron chi connectivity index (χ3n) is 2.43. The Morgan fingerprint density at radius 1 is 1.42 bits per heavy atom. The quantitative estimate of drug-likeness (QED) is 0.821. The largest absolute Gasteiger partial charge is 0.382 e. The molecule has 1 aromatic heterocycles. The van der Waals surface area contributed by atoms with Crippen molar-refractivity contribution in [3.63, 3.8) is 0 Å². The first kappa shape index (κ1) is 13.5. The normalized spacial score (nSPS) is 10.4. The number of anilines is 2. The second-order valence-electron chi connectivity index (χ2n) is 3.92. The molecule has 1 aromatic carbocycles. The van der Waals surface area contributed by atoms with E-state index in [1.807, 2.05) is 24.3 Å². The van der Waals surface area contributed by atoms with Gasteiger partial charge in [-0.2, -0.15) is 5.10 Å². The van der Waals surface area contributed by atoms with Crippen molar-refractivity contribution in [2.75, 3.05) is 16.8 Å². The van der Waals surface area contributed by atoms with Crippen LogP contribution < -0.4 is 11.1 Å². The molecule has 0 aliphatic carbocycles. The number of hydrogen-bond donors (Lipinski definition) is 2. The van der Waals surface area contributed by atoms with Crippen LogP contribution in [0.5, 0.6) is 0 Å². The van der Waals surface area contributed by atoms with Crippen LogP contribution >= 0.6 is 11.8 Å². The predicted octanol–water partition coefficient (Wildman–Crippen LogP) is 2.22. The van der Waals surface area contributed by atoms with Crippen LogP contribution in [0.3, 0.4) is 0 Å². The molecule has 0 bridgehead atoms. The molecule has 0 unspecified atom stereocenters. The molecule has 0 aliphatic rings. The van der Waals surface area contributed by atoms with E-state index in [1.54, 1.807) is 24.0 Å². The van der Waals surface area contributed by atoms with E-state index in [1.165, 1.54) is 4.68 Å². The van der Waals surface area contributed by atoms with Gasteiger partial charge in [-0.3, -0.25) is 9.48 Å². The van der Waals surface area contributed by atoms with Crippen molar-refractivity contribution in [3.8, 4) is 0 Å². The SMILES string of the molecule is CCSc1ccccc1NC(=O)Cn1ccc(N)n1. The minimum Gasteiger partial charge on any atom is -0.382 e. The van der Waals surface area contributed by atoms with Gasteiger partial charge in [0.1, 0.15) is 12.4 Å². The number of benzene rings is 1. The Hall–Kier alpha value is -1.95. The van der Waals surface area contributed by atoms with Crippen LogP contribution in [0.15, 0.2) is 41.4 Å². The van der Waals surface area contributed by atoms with Gasteiger partial charge >= 0.3 is 0 Å². The minimum atomic E-state index is -0.118. The van der Waals surface area contributed by atoms with Gasteiger partial charge in [0.25, 0.3) is 0 Å². The smallest absolute Gasteiger partial charge is 0.246 e. The van der Waals surface area contributed by atoms with Gasteiger partial charge in [-0.1, -0.05) is 19.1 Å². The lowest BCUT2D eigenvalue weighted by molar-refractivity contribution is -0.116. The van der Waals surface area contributed by atoms with Gasteiger partial charge in [-0.25, -0.2) is 0 Å². The Bertz CT molecular complexity index is 567. The van der Waals surface area contributed by atoms with Crippen LogP contribution in [0.25, 0.3) is 0 Å². The number of hydrogen-bond acceptors (Lipinski definition) is 4. The average Bonchev–Trinajstić information content (AvgIpc) is 2.77. The molecule has 0 saturated carbocycles. The van der Waals surface area contributed by atoms with Crippen LogP contribution in [0, 0.1) is 0 Å². The third-order valence-corrected chi connectivity index (χ3v) is 3.38. The fourth-order valence-corrected chi connectivity index (χ4v) is 2.41. The fraction of sp³-hybridized carbons (Fsp3) is 0.231. The second kappa shape index (κ2) is 6.29. The van der Waals surface area contributed by atoms with Crippen LogP contribution in [0.2, 0.25) is 0 Å². The van der Waals surface area contributed by atoms with E-state index in [4.69, 9.17) is 5.73 Å². The number of carbonyl (C=O) groups excluding carboxylic acids is 1. The summed E-state index contributed by atoms with van der Waals surface area (Å²) in [5.74, 6) is 1.25. The molecule has 2 aromatic rings. The summed E-state index contributed by atoms with van der Waals surface area (Å²) in [6.07, 6.45) is 1.68. The fourth-order valence-electron chi connectivity index (χ4n) is 1.65. The van der Waals surface area contributed by atoms with Crippen LogP contribution in [-0.4, -0.2) is 21.4 Å². The predicted molar refractivity (Wildman–Crippen MR) is 78.1 cm³/mol. The van der Waals surface area contributed by atoms with Crippen molar-refractivity contribution in [1.29, 1.82) is 0 Å². The van der Waals surface area contributed by atoms with Gasteiger partial charge in [0.05, 0.1) is 5.69 Å². The van der Waals surface area contributed by atoms with Crippen molar-refractivity contribution < 1.29 is 4.79 Å². The van der Waals surface area contributed by atoms with Gasteiger partial charge in [0.2, 0.25) is 5.91 Å². The van der Waals surface area contributed by atoms with Crippen molar-refractivity contribution >= 4 is 29.2 Å². The number of nitrogen functional groups attached to an aromatic ring is 1. The Labute approximate surface area is 116 Å². The minimum absolute atomic E-state index is 0.118. The van der Waals surface area contributed by atoms with E-state index in [0.29, 0.717) is 5.82 Å². The summed E-state index contributed by atoms with van der Waals surface area (Å²) in [6, 6.07) is 9.42. The summed E-state index contributed by atoms with van der Waals surface area (Å²) < 4.78 is 1.51. The first-order valence-electron chi connectivity index (χ1n) is 5.99. The Kier molecular flexibility index (Phi) is 4.46. The topological polar surface area (TPSA) is 72.9 Å². The molecule has 100 valence electrons. The molecule has 0 atom stereocenters. The summed E-state index contributed by atoms with van der Waals surface area (Å²) >= 11 is 1.70. The number of nitrogens with one attached hydrogen (secondary N) is 1. The number of carbonyl (C=O) groups is 1. The lowest BCUT2D eigenvalue weighted by atomic mass is 10.3. The lowest BCUT2D eigenvalue weighted by Gasteiger charge is -2.09. The van der Waals surface area contributed by atoms with Gasteiger partial charge in [-0.15, -0.1) is 11.8 Å². The van der Waals surface area contributed by atoms with Crippen LogP contribution in [0.1, 0.15) is 6.92 Å². The molecule has 1 heterocycles. The van der Waals surface area contributed by atoms with Gasteiger partial charge in [0, 0.05) is 11.1 Å². The molecule has 5 nitrogen and oxygen atoms in total. The number of nitrogens with zero attached hydrogens (tertiary/aromatic N) is 2. The van der Waals surface area contributed by atoms with Crippen molar-refractivity contribution in [2.24, 2.45) is 0 Å². The molecular formula is C13H16N4OS. The maximum Gasteiger partial charge on any atom is 0.246 e. The molecule has 3 N–H and O–H groups in total. The zero-order chi connectivity index (χ0) is 13.7. The molecule has 0 radical (unpaired) electrons. The van der Waals surface area contributed by atoms with Gasteiger partial charge < -0.3 is 11.1 Å². The lowest BCUT2D eigenvalue weighted by Crippen LogP contribution is -2.19.